The van der Waals surface area contributed by atoms with Gasteiger partial charge >= 0.3 is 0 Å². The van der Waals surface area contributed by atoms with Crippen LogP contribution in [0.3, 0.4) is 0 Å². The number of aromatic nitrogens is 1. The zero-order valence-electron chi connectivity index (χ0n) is 9.37. The number of hydrogen-bond donors (Lipinski definition) is 2. The highest BCUT2D eigenvalue weighted by molar-refractivity contribution is 5.82. The summed E-state index contributed by atoms with van der Waals surface area (Å²) in [4.78, 5) is 3.10. The summed E-state index contributed by atoms with van der Waals surface area (Å²) < 4.78 is 0. The quantitative estimate of drug-likeness (QED) is 0.752. The van der Waals surface area contributed by atoms with Gasteiger partial charge in [-0.25, -0.2) is 0 Å². The molecule has 0 bridgehead atoms. The summed E-state index contributed by atoms with van der Waals surface area (Å²) >= 11 is 0. The molecule has 1 aromatic heterocycles. The standard InChI is InChI=1S/C14H17NO/c16-14(6-2-1-3-7-14)13-5-4-11-9-15-10-12(11)8-13/h4-5,8-10,15-16H,1-3,6-7H2. The number of rotatable bonds is 1. The molecule has 16 heavy (non-hydrogen) atoms. The summed E-state index contributed by atoms with van der Waals surface area (Å²) in [6, 6.07) is 6.28. The number of nitrogens with one attached hydrogen (secondary N) is 1. The Morgan fingerprint density at radius 1 is 1.00 bits per heavy atom. The van der Waals surface area contributed by atoms with E-state index in [1.807, 2.05) is 12.4 Å². The Morgan fingerprint density at radius 2 is 1.75 bits per heavy atom. The van der Waals surface area contributed by atoms with E-state index in [-0.39, 0.29) is 0 Å². The summed E-state index contributed by atoms with van der Waals surface area (Å²) in [5.41, 5.74) is 0.503. The van der Waals surface area contributed by atoms with Crippen molar-refractivity contribution in [3.63, 3.8) is 0 Å². The third-order valence-corrected chi connectivity index (χ3v) is 3.78. The van der Waals surface area contributed by atoms with Crippen LogP contribution in [0.5, 0.6) is 0 Å². The van der Waals surface area contributed by atoms with Crippen molar-refractivity contribution < 1.29 is 5.11 Å². The predicted octanol–water partition coefficient (Wildman–Crippen LogP) is 3.32. The number of H-pyrrole nitrogens is 1. The average Bonchev–Trinajstić information content (AvgIpc) is 2.77. The molecule has 1 fully saturated rings. The fourth-order valence-electron chi connectivity index (χ4n) is 2.77. The molecule has 1 saturated carbocycles. The van der Waals surface area contributed by atoms with E-state index in [4.69, 9.17) is 0 Å². The summed E-state index contributed by atoms with van der Waals surface area (Å²) in [5, 5.41) is 13.0. The van der Waals surface area contributed by atoms with Gasteiger partial charge in [-0.2, -0.15) is 0 Å². The van der Waals surface area contributed by atoms with Gasteiger partial charge in [-0.05, 0) is 35.2 Å². The van der Waals surface area contributed by atoms with Gasteiger partial charge in [0.15, 0.2) is 0 Å². The number of aromatic amines is 1. The van der Waals surface area contributed by atoms with Crippen LogP contribution in [0.25, 0.3) is 10.8 Å². The first-order valence-corrected chi connectivity index (χ1v) is 6.07. The molecule has 84 valence electrons. The molecule has 0 atom stereocenters. The molecule has 0 amide bonds. The van der Waals surface area contributed by atoms with Gasteiger partial charge in [0.1, 0.15) is 0 Å². The molecular formula is C14H17NO. The lowest BCUT2D eigenvalue weighted by atomic mass is 9.79. The SMILES string of the molecule is OC1(c2ccc3c[nH]cc3c2)CCCCC1. The maximum atomic E-state index is 10.6. The van der Waals surface area contributed by atoms with Gasteiger partial charge in [-0.1, -0.05) is 31.4 Å². The third-order valence-electron chi connectivity index (χ3n) is 3.78. The highest BCUT2D eigenvalue weighted by Gasteiger charge is 2.30. The minimum Gasteiger partial charge on any atom is -0.385 e. The second-order valence-corrected chi connectivity index (χ2v) is 4.89. The second-order valence-electron chi connectivity index (χ2n) is 4.89. The van der Waals surface area contributed by atoms with Gasteiger partial charge in [0.2, 0.25) is 0 Å². The maximum Gasteiger partial charge on any atom is 0.0896 e. The molecular weight excluding hydrogens is 198 g/mol. The minimum atomic E-state index is -0.580. The molecule has 2 aromatic rings. The normalized spacial score (nSPS) is 20.1. The van der Waals surface area contributed by atoms with Crippen molar-refractivity contribution in [2.24, 2.45) is 0 Å². The molecule has 0 saturated heterocycles. The van der Waals surface area contributed by atoms with Crippen LogP contribution in [0, 0.1) is 0 Å². The van der Waals surface area contributed by atoms with Crippen molar-refractivity contribution >= 4 is 10.8 Å². The molecule has 1 heterocycles. The first kappa shape index (κ1) is 9.91. The molecule has 2 nitrogen and oxygen atoms in total. The van der Waals surface area contributed by atoms with Crippen LogP contribution >= 0.6 is 0 Å². The van der Waals surface area contributed by atoms with Crippen LogP contribution in [0.1, 0.15) is 37.7 Å². The molecule has 1 aliphatic carbocycles. The lowest BCUT2D eigenvalue weighted by Gasteiger charge is -2.32. The van der Waals surface area contributed by atoms with Crippen molar-refractivity contribution in [2.75, 3.05) is 0 Å². The molecule has 1 aliphatic rings. The van der Waals surface area contributed by atoms with E-state index in [1.54, 1.807) is 0 Å². The van der Waals surface area contributed by atoms with Crippen LogP contribution in [-0.4, -0.2) is 10.1 Å². The van der Waals surface area contributed by atoms with Crippen molar-refractivity contribution in [1.82, 2.24) is 4.98 Å². The van der Waals surface area contributed by atoms with Gasteiger partial charge in [0.05, 0.1) is 5.60 Å². The number of hydrogen-bond acceptors (Lipinski definition) is 1. The lowest BCUT2D eigenvalue weighted by molar-refractivity contribution is -0.000505. The molecule has 2 N–H and O–H groups in total. The number of aliphatic hydroxyl groups is 1. The lowest BCUT2D eigenvalue weighted by Crippen LogP contribution is -2.28. The van der Waals surface area contributed by atoms with Crippen LogP contribution in [0.15, 0.2) is 30.6 Å². The molecule has 0 spiro atoms. The van der Waals surface area contributed by atoms with E-state index in [0.717, 1.165) is 31.2 Å². The zero-order chi connectivity index (χ0) is 11.0. The van der Waals surface area contributed by atoms with Crippen LogP contribution in [-0.2, 0) is 5.60 Å². The van der Waals surface area contributed by atoms with Gasteiger partial charge in [0.25, 0.3) is 0 Å². The third kappa shape index (κ3) is 1.54. The van der Waals surface area contributed by atoms with Crippen LogP contribution < -0.4 is 0 Å². The fraction of sp³-hybridized carbons (Fsp3) is 0.429. The topological polar surface area (TPSA) is 36.0 Å². The minimum absolute atomic E-state index is 0.580. The molecule has 0 radical (unpaired) electrons. The Kier molecular flexibility index (Phi) is 2.25. The van der Waals surface area contributed by atoms with E-state index < -0.39 is 5.60 Å². The molecule has 3 rings (SSSR count). The molecule has 0 aliphatic heterocycles. The predicted molar refractivity (Wildman–Crippen MR) is 65.3 cm³/mol. The Bertz CT molecular complexity index is 494. The van der Waals surface area contributed by atoms with Gasteiger partial charge in [-0.15, -0.1) is 0 Å². The van der Waals surface area contributed by atoms with Crippen LogP contribution in [0.2, 0.25) is 0 Å². The van der Waals surface area contributed by atoms with E-state index >= 15 is 0 Å². The van der Waals surface area contributed by atoms with Crippen molar-refractivity contribution in [3.05, 3.63) is 36.2 Å². The van der Waals surface area contributed by atoms with Crippen molar-refractivity contribution in [1.29, 1.82) is 0 Å². The highest BCUT2D eigenvalue weighted by atomic mass is 16.3. The summed E-state index contributed by atoms with van der Waals surface area (Å²) in [6.45, 7) is 0. The summed E-state index contributed by atoms with van der Waals surface area (Å²) in [7, 11) is 0. The van der Waals surface area contributed by atoms with E-state index in [0.29, 0.717) is 0 Å². The van der Waals surface area contributed by atoms with Gasteiger partial charge < -0.3 is 10.1 Å². The van der Waals surface area contributed by atoms with Crippen LogP contribution in [0.4, 0.5) is 0 Å². The number of fused-ring (bicyclic) bond motifs is 1. The van der Waals surface area contributed by atoms with E-state index in [9.17, 15) is 5.11 Å². The number of benzene rings is 1. The largest absolute Gasteiger partial charge is 0.385 e. The first-order chi connectivity index (χ1) is 7.78. The monoisotopic (exact) mass is 215 g/mol. The molecule has 0 unspecified atom stereocenters. The fourth-order valence-corrected chi connectivity index (χ4v) is 2.77. The smallest absolute Gasteiger partial charge is 0.0896 e. The Morgan fingerprint density at radius 3 is 2.56 bits per heavy atom. The molecule has 2 heteroatoms. The first-order valence-electron chi connectivity index (χ1n) is 6.07. The summed E-state index contributed by atoms with van der Waals surface area (Å²) in [5.74, 6) is 0. The van der Waals surface area contributed by atoms with Gasteiger partial charge in [0, 0.05) is 12.4 Å². The Balaban J connectivity index is 2.03. The van der Waals surface area contributed by atoms with E-state index in [1.165, 1.54) is 17.2 Å². The second kappa shape index (κ2) is 3.63. The van der Waals surface area contributed by atoms with E-state index in [2.05, 4.69) is 23.2 Å². The molecule has 1 aromatic carbocycles. The van der Waals surface area contributed by atoms with Crippen molar-refractivity contribution in [2.45, 2.75) is 37.7 Å². The average molecular weight is 215 g/mol. The summed E-state index contributed by atoms with van der Waals surface area (Å²) in [6.07, 6.45) is 9.33. The Labute approximate surface area is 95.3 Å². The Hall–Kier alpha value is -1.28. The van der Waals surface area contributed by atoms with Gasteiger partial charge in [-0.3, -0.25) is 0 Å². The maximum absolute atomic E-state index is 10.6. The highest BCUT2D eigenvalue weighted by Crippen LogP contribution is 2.37. The zero-order valence-corrected chi connectivity index (χ0v) is 9.37. The van der Waals surface area contributed by atoms with Crippen molar-refractivity contribution in [3.8, 4) is 0 Å².